The third-order valence-corrected chi connectivity index (χ3v) is 3.07. The standard InChI is InChI=1S/C15H25N3O2/c1-5-6-12(10-20-4)17-14-8-7-11(9-13(14)16)15(19)18(2)3/h7-9,12,17H,5-6,10,16H2,1-4H3. The molecule has 1 rings (SSSR count). The molecule has 0 spiro atoms. The van der Waals surface area contributed by atoms with Crippen LogP contribution in [0.3, 0.4) is 0 Å². The van der Waals surface area contributed by atoms with E-state index in [1.54, 1.807) is 33.3 Å². The summed E-state index contributed by atoms with van der Waals surface area (Å²) in [4.78, 5) is 13.4. The second-order valence-corrected chi connectivity index (χ2v) is 5.09. The number of rotatable bonds is 7. The second-order valence-electron chi connectivity index (χ2n) is 5.09. The van der Waals surface area contributed by atoms with E-state index in [0.29, 0.717) is 17.9 Å². The molecular weight excluding hydrogens is 254 g/mol. The van der Waals surface area contributed by atoms with Crippen LogP contribution in [-0.4, -0.2) is 44.7 Å². The third-order valence-electron chi connectivity index (χ3n) is 3.07. The van der Waals surface area contributed by atoms with Gasteiger partial charge in [0.2, 0.25) is 0 Å². The minimum Gasteiger partial charge on any atom is -0.397 e. The highest BCUT2D eigenvalue weighted by atomic mass is 16.5. The maximum atomic E-state index is 11.9. The summed E-state index contributed by atoms with van der Waals surface area (Å²) in [6, 6.07) is 5.57. The molecule has 1 amide bonds. The number of benzene rings is 1. The molecule has 5 nitrogen and oxygen atoms in total. The van der Waals surface area contributed by atoms with Gasteiger partial charge in [0.25, 0.3) is 5.91 Å². The molecule has 1 aromatic carbocycles. The van der Waals surface area contributed by atoms with E-state index in [1.807, 2.05) is 6.07 Å². The van der Waals surface area contributed by atoms with E-state index in [9.17, 15) is 4.79 Å². The molecule has 0 aliphatic rings. The van der Waals surface area contributed by atoms with Crippen molar-refractivity contribution < 1.29 is 9.53 Å². The molecule has 0 saturated heterocycles. The average molecular weight is 279 g/mol. The molecule has 0 fully saturated rings. The number of carbonyl (C=O) groups is 1. The topological polar surface area (TPSA) is 67.6 Å². The van der Waals surface area contributed by atoms with Crippen LogP contribution in [-0.2, 0) is 4.74 Å². The van der Waals surface area contributed by atoms with Crippen molar-refractivity contribution in [3.8, 4) is 0 Å². The van der Waals surface area contributed by atoms with Crippen molar-refractivity contribution in [2.45, 2.75) is 25.8 Å². The molecule has 1 atom stereocenters. The Labute approximate surface area is 121 Å². The van der Waals surface area contributed by atoms with Crippen LogP contribution in [0.25, 0.3) is 0 Å². The first-order chi connectivity index (χ1) is 9.49. The van der Waals surface area contributed by atoms with Gasteiger partial charge in [-0.1, -0.05) is 13.3 Å². The smallest absolute Gasteiger partial charge is 0.253 e. The van der Waals surface area contributed by atoms with Crippen molar-refractivity contribution in [2.75, 3.05) is 38.9 Å². The van der Waals surface area contributed by atoms with Gasteiger partial charge in [-0.15, -0.1) is 0 Å². The minimum absolute atomic E-state index is 0.0507. The zero-order valence-corrected chi connectivity index (χ0v) is 12.8. The molecule has 0 bridgehead atoms. The molecule has 0 heterocycles. The van der Waals surface area contributed by atoms with Gasteiger partial charge in [0.05, 0.1) is 18.0 Å². The summed E-state index contributed by atoms with van der Waals surface area (Å²) in [5, 5.41) is 3.37. The lowest BCUT2D eigenvalue weighted by atomic mass is 10.1. The van der Waals surface area contributed by atoms with Gasteiger partial charge in [0.15, 0.2) is 0 Å². The van der Waals surface area contributed by atoms with Crippen LogP contribution in [0.1, 0.15) is 30.1 Å². The highest BCUT2D eigenvalue weighted by Crippen LogP contribution is 2.22. The van der Waals surface area contributed by atoms with Crippen molar-refractivity contribution in [3.63, 3.8) is 0 Å². The lowest BCUT2D eigenvalue weighted by Gasteiger charge is -2.20. The van der Waals surface area contributed by atoms with Crippen molar-refractivity contribution in [2.24, 2.45) is 0 Å². The van der Waals surface area contributed by atoms with E-state index in [-0.39, 0.29) is 11.9 Å². The van der Waals surface area contributed by atoms with Crippen molar-refractivity contribution >= 4 is 17.3 Å². The summed E-state index contributed by atoms with van der Waals surface area (Å²) in [6.07, 6.45) is 2.07. The number of nitrogens with two attached hydrogens (primary N) is 1. The Balaban J connectivity index is 2.84. The zero-order valence-electron chi connectivity index (χ0n) is 12.8. The molecule has 5 heteroatoms. The van der Waals surface area contributed by atoms with Crippen molar-refractivity contribution in [1.82, 2.24) is 4.90 Å². The molecule has 0 aromatic heterocycles. The molecule has 20 heavy (non-hydrogen) atoms. The van der Waals surface area contributed by atoms with E-state index in [2.05, 4.69) is 12.2 Å². The lowest BCUT2D eigenvalue weighted by Crippen LogP contribution is -2.25. The van der Waals surface area contributed by atoms with Crippen LogP contribution in [0.4, 0.5) is 11.4 Å². The largest absolute Gasteiger partial charge is 0.397 e. The minimum atomic E-state index is -0.0507. The van der Waals surface area contributed by atoms with Crippen molar-refractivity contribution in [3.05, 3.63) is 23.8 Å². The van der Waals surface area contributed by atoms with Crippen LogP contribution >= 0.6 is 0 Å². The SMILES string of the molecule is CCCC(COC)Nc1ccc(C(=O)N(C)C)cc1N. The molecular formula is C15H25N3O2. The average Bonchev–Trinajstić information content (AvgIpc) is 2.40. The number of nitrogen functional groups attached to an aromatic ring is 1. The Morgan fingerprint density at radius 3 is 2.65 bits per heavy atom. The number of hydrogen-bond acceptors (Lipinski definition) is 4. The summed E-state index contributed by atoms with van der Waals surface area (Å²) >= 11 is 0. The van der Waals surface area contributed by atoms with Crippen LogP contribution in [0.2, 0.25) is 0 Å². The van der Waals surface area contributed by atoms with Crippen LogP contribution < -0.4 is 11.1 Å². The molecule has 112 valence electrons. The van der Waals surface area contributed by atoms with Crippen LogP contribution in [0.15, 0.2) is 18.2 Å². The van der Waals surface area contributed by atoms with Crippen LogP contribution in [0, 0.1) is 0 Å². The molecule has 1 unspecified atom stereocenters. The van der Waals surface area contributed by atoms with Crippen molar-refractivity contribution in [1.29, 1.82) is 0 Å². The third kappa shape index (κ3) is 4.42. The molecule has 3 N–H and O–H groups in total. The number of amides is 1. The summed E-state index contributed by atoms with van der Waals surface area (Å²) < 4.78 is 5.20. The van der Waals surface area contributed by atoms with Gasteiger partial charge in [-0.25, -0.2) is 0 Å². The van der Waals surface area contributed by atoms with Crippen LogP contribution in [0.5, 0.6) is 0 Å². The lowest BCUT2D eigenvalue weighted by molar-refractivity contribution is 0.0827. The van der Waals surface area contributed by atoms with E-state index < -0.39 is 0 Å². The monoisotopic (exact) mass is 279 g/mol. The van der Waals surface area contributed by atoms with E-state index in [1.165, 1.54) is 4.90 Å². The Kier molecular flexibility index (Phi) is 6.31. The molecule has 0 radical (unpaired) electrons. The van der Waals surface area contributed by atoms with Gasteiger partial charge in [-0.3, -0.25) is 4.79 Å². The Bertz CT molecular complexity index is 441. The molecule has 0 aliphatic heterocycles. The van der Waals surface area contributed by atoms with Gasteiger partial charge in [-0.2, -0.15) is 0 Å². The first kappa shape index (κ1) is 16.3. The van der Waals surface area contributed by atoms with Gasteiger partial charge in [-0.05, 0) is 24.6 Å². The first-order valence-corrected chi connectivity index (χ1v) is 6.86. The number of ether oxygens (including phenoxy) is 1. The highest BCUT2D eigenvalue weighted by Gasteiger charge is 2.12. The Morgan fingerprint density at radius 2 is 2.15 bits per heavy atom. The number of carbonyl (C=O) groups excluding carboxylic acids is 1. The predicted octanol–water partition coefficient (Wildman–Crippen LogP) is 2.20. The van der Waals surface area contributed by atoms with Gasteiger partial charge < -0.3 is 20.7 Å². The molecule has 1 aromatic rings. The summed E-state index contributed by atoms with van der Waals surface area (Å²) in [6.45, 7) is 2.76. The second kappa shape index (κ2) is 7.75. The Hall–Kier alpha value is -1.75. The number of anilines is 2. The zero-order chi connectivity index (χ0) is 15.1. The summed E-state index contributed by atoms with van der Waals surface area (Å²) in [5.74, 6) is -0.0507. The fourth-order valence-electron chi connectivity index (χ4n) is 2.05. The number of nitrogens with one attached hydrogen (secondary N) is 1. The van der Waals surface area contributed by atoms with Gasteiger partial charge in [0, 0.05) is 32.8 Å². The van der Waals surface area contributed by atoms with Gasteiger partial charge >= 0.3 is 0 Å². The first-order valence-electron chi connectivity index (χ1n) is 6.86. The molecule has 0 aliphatic carbocycles. The Morgan fingerprint density at radius 1 is 1.45 bits per heavy atom. The van der Waals surface area contributed by atoms with E-state index in [0.717, 1.165) is 18.5 Å². The predicted molar refractivity (Wildman–Crippen MR) is 83.1 cm³/mol. The fourth-order valence-corrected chi connectivity index (χ4v) is 2.05. The summed E-state index contributed by atoms with van der Waals surface area (Å²) in [5.41, 5.74) is 8.04. The maximum absolute atomic E-state index is 11.9. The van der Waals surface area contributed by atoms with Gasteiger partial charge in [0.1, 0.15) is 0 Å². The number of hydrogen-bond donors (Lipinski definition) is 2. The quantitative estimate of drug-likeness (QED) is 0.751. The van der Waals surface area contributed by atoms with E-state index >= 15 is 0 Å². The highest BCUT2D eigenvalue weighted by molar-refractivity contribution is 5.95. The summed E-state index contributed by atoms with van der Waals surface area (Å²) in [7, 11) is 5.13. The van der Waals surface area contributed by atoms with E-state index in [4.69, 9.17) is 10.5 Å². The molecule has 0 saturated carbocycles. The fraction of sp³-hybridized carbons (Fsp3) is 0.533. The normalized spacial score (nSPS) is 12.0. The maximum Gasteiger partial charge on any atom is 0.253 e. The number of nitrogens with zero attached hydrogens (tertiary/aromatic N) is 1. The number of methoxy groups -OCH3 is 1.